The lowest BCUT2D eigenvalue weighted by molar-refractivity contribution is -0.137. The molecule has 1 amide bonds. The van der Waals surface area contributed by atoms with Gasteiger partial charge in [0.2, 0.25) is 0 Å². The molecule has 0 fully saturated rings. The second-order valence-corrected chi connectivity index (χ2v) is 7.53. The minimum absolute atomic E-state index is 0.264. The summed E-state index contributed by atoms with van der Waals surface area (Å²) >= 11 is 2.76. The van der Waals surface area contributed by atoms with Gasteiger partial charge in [-0.3, -0.25) is 4.99 Å². The van der Waals surface area contributed by atoms with Gasteiger partial charge in [-0.2, -0.15) is 0 Å². The first-order valence-electron chi connectivity index (χ1n) is 6.59. The Bertz CT molecular complexity index is 607. The monoisotopic (exact) mass is 343 g/mol. The number of rotatable bonds is 4. The van der Waals surface area contributed by atoms with Gasteiger partial charge in [-0.15, -0.1) is 23.1 Å². The summed E-state index contributed by atoms with van der Waals surface area (Å²) < 4.78 is 5.14. The quantitative estimate of drug-likeness (QED) is 0.868. The topological polar surface area (TPSA) is 101 Å². The van der Waals surface area contributed by atoms with Crippen LogP contribution in [0.1, 0.15) is 31.5 Å². The second kappa shape index (κ2) is 6.66. The van der Waals surface area contributed by atoms with E-state index in [0.29, 0.717) is 21.5 Å². The van der Waals surface area contributed by atoms with E-state index in [4.69, 9.17) is 9.84 Å². The number of aromatic nitrogens is 1. The number of carboxylic acid groups (broad SMARTS) is 1. The predicted molar refractivity (Wildman–Crippen MR) is 85.6 cm³/mol. The average molecular weight is 343 g/mol. The molecule has 1 atom stereocenters. The maximum absolute atomic E-state index is 11.6. The molecule has 7 nitrogen and oxygen atoms in total. The molecule has 0 aliphatic carbocycles. The molecular formula is C13H17N3O4S2. The molecular weight excluding hydrogens is 326 g/mol. The highest BCUT2D eigenvalue weighted by Gasteiger charge is 2.26. The number of aliphatic imine (C=N–C) groups is 1. The Labute approximate surface area is 136 Å². The molecule has 2 rings (SSSR count). The zero-order valence-electron chi connectivity index (χ0n) is 12.5. The van der Waals surface area contributed by atoms with E-state index < -0.39 is 23.7 Å². The Kier molecular flexibility index (Phi) is 5.07. The zero-order chi connectivity index (χ0) is 16.3. The molecule has 1 aromatic heterocycles. The third-order valence-corrected chi connectivity index (χ3v) is 4.41. The van der Waals surface area contributed by atoms with Crippen LogP contribution in [-0.2, 0) is 16.1 Å². The van der Waals surface area contributed by atoms with Crippen molar-refractivity contribution in [3.8, 4) is 0 Å². The molecule has 0 aromatic carbocycles. The Balaban J connectivity index is 1.91. The van der Waals surface area contributed by atoms with Crippen LogP contribution in [0.2, 0.25) is 0 Å². The Morgan fingerprint density at radius 3 is 2.82 bits per heavy atom. The second-order valence-electron chi connectivity index (χ2n) is 5.58. The van der Waals surface area contributed by atoms with Crippen LogP contribution in [0.4, 0.5) is 4.79 Å². The Morgan fingerprint density at radius 1 is 1.50 bits per heavy atom. The molecule has 0 bridgehead atoms. The zero-order valence-corrected chi connectivity index (χ0v) is 14.1. The van der Waals surface area contributed by atoms with Gasteiger partial charge >= 0.3 is 12.1 Å². The SMILES string of the molecule is CC(C)(C)OC(=O)NCc1nc(C2=N[C@H](C(=O)O)CS2)cs1. The summed E-state index contributed by atoms with van der Waals surface area (Å²) in [7, 11) is 0. The number of amides is 1. The predicted octanol–water partition coefficient (Wildman–Crippen LogP) is 2.11. The fourth-order valence-corrected chi connectivity index (χ4v) is 3.37. The van der Waals surface area contributed by atoms with Crippen LogP contribution >= 0.6 is 23.1 Å². The van der Waals surface area contributed by atoms with E-state index in [9.17, 15) is 9.59 Å². The van der Waals surface area contributed by atoms with Crippen LogP contribution in [0.15, 0.2) is 10.4 Å². The first-order valence-corrected chi connectivity index (χ1v) is 8.46. The smallest absolute Gasteiger partial charge is 0.408 e. The number of thioether (sulfide) groups is 1. The molecule has 0 unspecified atom stereocenters. The number of aliphatic carboxylic acids is 1. The molecule has 9 heteroatoms. The highest BCUT2D eigenvalue weighted by Crippen LogP contribution is 2.24. The maximum Gasteiger partial charge on any atom is 0.408 e. The fourth-order valence-electron chi connectivity index (χ4n) is 1.59. The van der Waals surface area contributed by atoms with Crippen molar-refractivity contribution in [3.05, 3.63) is 16.1 Å². The number of carboxylic acids is 1. The fraction of sp³-hybridized carbons (Fsp3) is 0.538. The minimum atomic E-state index is -0.926. The van der Waals surface area contributed by atoms with Crippen molar-refractivity contribution in [2.45, 2.75) is 39.0 Å². The standard InChI is InChI=1S/C13H17N3O4S2/c1-13(2,3)20-12(19)14-4-9-15-7(5-21-9)10-16-8(6-22-10)11(17)18/h5,8H,4,6H2,1-3H3,(H,14,19)(H,17,18)/t8-/m0/s1. The van der Waals surface area contributed by atoms with E-state index in [1.54, 1.807) is 20.8 Å². The van der Waals surface area contributed by atoms with Crippen LogP contribution in [0, 0.1) is 0 Å². The Hall–Kier alpha value is -1.61. The Morgan fingerprint density at radius 2 is 2.23 bits per heavy atom. The summed E-state index contributed by atoms with van der Waals surface area (Å²) in [6, 6.07) is -0.704. The molecule has 1 aromatic rings. The van der Waals surface area contributed by atoms with Crippen LogP contribution in [0.3, 0.4) is 0 Å². The number of nitrogens with one attached hydrogen (secondary N) is 1. The number of carbonyl (C=O) groups is 2. The first-order chi connectivity index (χ1) is 10.2. The number of hydrogen-bond donors (Lipinski definition) is 2. The summed E-state index contributed by atoms with van der Waals surface area (Å²) in [5.41, 5.74) is 0.110. The molecule has 2 heterocycles. The van der Waals surface area contributed by atoms with Crippen LogP contribution in [0.25, 0.3) is 0 Å². The van der Waals surface area contributed by atoms with E-state index in [2.05, 4.69) is 15.3 Å². The van der Waals surface area contributed by atoms with E-state index in [-0.39, 0.29) is 6.54 Å². The van der Waals surface area contributed by atoms with E-state index in [1.165, 1.54) is 23.1 Å². The number of ether oxygens (including phenoxy) is 1. The molecule has 1 aliphatic heterocycles. The van der Waals surface area contributed by atoms with Crippen molar-refractivity contribution in [1.29, 1.82) is 0 Å². The van der Waals surface area contributed by atoms with E-state index >= 15 is 0 Å². The largest absolute Gasteiger partial charge is 0.480 e. The summed E-state index contributed by atoms with van der Waals surface area (Å²) in [4.78, 5) is 30.9. The lowest BCUT2D eigenvalue weighted by Gasteiger charge is -2.19. The molecule has 0 saturated carbocycles. The van der Waals surface area contributed by atoms with Gasteiger partial charge in [-0.05, 0) is 20.8 Å². The van der Waals surface area contributed by atoms with Crippen molar-refractivity contribution >= 4 is 40.2 Å². The van der Waals surface area contributed by atoms with E-state index in [1.807, 2.05) is 5.38 Å². The molecule has 120 valence electrons. The molecule has 1 aliphatic rings. The van der Waals surface area contributed by atoms with Crippen LogP contribution < -0.4 is 5.32 Å². The van der Waals surface area contributed by atoms with Gasteiger partial charge < -0.3 is 15.2 Å². The molecule has 0 radical (unpaired) electrons. The number of hydrogen-bond acceptors (Lipinski definition) is 7. The normalized spacial score (nSPS) is 18.0. The van der Waals surface area contributed by atoms with Gasteiger partial charge in [-0.25, -0.2) is 14.6 Å². The highest BCUT2D eigenvalue weighted by atomic mass is 32.2. The molecule has 22 heavy (non-hydrogen) atoms. The minimum Gasteiger partial charge on any atom is -0.480 e. The van der Waals surface area contributed by atoms with Crippen molar-refractivity contribution < 1.29 is 19.4 Å². The first kappa shape index (κ1) is 16.8. The van der Waals surface area contributed by atoms with E-state index in [0.717, 1.165) is 0 Å². The number of alkyl carbamates (subject to hydrolysis) is 1. The average Bonchev–Trinajstić information content (AvgIpc) is 3.03. The van der Waals surface area contributed by atoms with Gasteiger partial charge in [-0.1, -0.05) is 0 Å². The number of carbonyl (C=O) groups excluding carboxylic acids is 1. The molecule has 2 N–H and O–H groups in total. The van der Waals surface area contributed by atoms with Crippen molar-refractivity contribution in [2.75, 3.05) is 5.75 Å². The summed E-state index contributed by atoms with van der Waals surface area (Å²) in [5.74, 6) is -0.502. The maximum atomic E-state index is 11.6. The van der Waals surface area contributed by atoms with Crippen molar-refractivity contribution in [3.63, 3.8) is 0 Å². The lowest BCUT2D eigenvalue weighted by atomic mass is 10.2. The van der Waals surface area contributed by atoms with Gasteiger partial charge in [0.25, 0.3) is 0 Å². The van der Waals surface area contributed by atoms with Gasteiger partial charge in [0.1, 0.15) is 21.3 Å². The van der Waals surface area contributed by atoms with Gasteiger partial charge in [0, 0.05) is 11.1 Å². The van der Waals surface area contributed by atoms with Crippen molar-refractivity contribution in [2.24, 2.45) is 4.99 Å². The van der Waals surface area contributed by atoms with Crippen LogP contribution in [-0.4, -0.2) is 44.6 Å². The number of nitrogens with zero attached hydrogens (tertiary/aromatic N) is 2. The van der Waals surface area contributed by atoms with Crippen LogP contribution in [0.5, 0.6) is 0 Å². The van der Waals surface area contributed by atoms with Gasteiger partial charge in [0.05, 0.1) is 6.54 Å². The third-order valence-electron chi connectivity index (χ3n) is 2.49. The summed E-state index contributed by atoms with van der Waals surface area (Å²) in [6.45, 7) is 5.65. The molecule has 0 spiro atoms. The lowest BCUT2D eigenvalue weighted by Crippen LogP contribution is -2.32. The third kappa shape index (κ3) is 4.70. The van der Waals surface area contributed by atoms with Crippen molar-refractivity contribution in [1.82, 2.24) is 10.3 Å². The summed E-state index contributed by atoms with van der Waals surface area (Å²) in [5, 5.41) is 14.7. The molecule has 0 saturated heterocycles. The highest BCUT2D eigenvalue weighted by molar-refractivity contribution is 8.14. The summed E-state index contributed by atoms with van der Waals surface area (Å²) in [6.07, 6.45) is -0.497. The number of thiazole rings is 1. The van der Waals surface area contributed by atoms with Gasteiger partial charge in [0.15, 0.2) is 6.04 Å².